The zero-order valence-corrected chi connectivity index (χ0v) is 15.1. The molecule has 0 atom stereocenters. The quantitative estimate of drug-likeness (QED) is 0.705. The molecule has 0 amide bonds. The van der Waals surface area contributed by atoms with Gasteiger partial charge in [0.15, 0.2) is 0 Å². The lowest BCUT2D eigenvalue weighted by molar-refractivity contribution is 0.409. The van der Waals surface area contributed by atoms with Gasteiger partial charge in [-0.1, -0.05) is 45.0 Å². The fourth-order valence-electron chi connectivity index (χ4n) is 3.83. The monoisotopic (exact) mass is 308 g/mol. The minimum absolute atomic E-state index is 0.206. The molecule has 2 aromatic carbocycles. The van der Waals surface area contributed by atoms with Gasteiger partial charge < -0.3 is 4.74 Å². The number of fused-ring (bicyclic) bond motifs is 4. The smallest absolute Gasteiger partial charge is 0.122 e. The van der Waals surface area contributed by atoms with Gasteiger partial charge in [-0.3, -0.25) is 0 Å². The average molecular weight is 308 g/mol. The highest BCUT2D eigenvalue weighted by Gasteiger charge is 2.20. The minimum atomic E-state index is 0.206. The lowest BCUT2D eigenvalue weighted by Crippen LogP contribution is -2.16. The molecule has 1 aliphatic rings. The number of methoxy groups -OCH3 is 1. The van der Waals surface area contributed by atoms with Crippen molar-refractivity contribution in [1.82, 2.24) is 0 Å². The Morgan fingerprint density at radius 3 is 2.30 bits per heavy atom. The van der Waals surface area contributed by atoms with E-state index in [2.05, 4.69) is 58.0 Å². The molecule has 0 aliphatic heterocycles. The van der Waals surface area contributed by atoms with Crippen LogP contribution < -0.4 is 4.74 Å². The summed E-state index contributed by atoms with van der Waals surface area (Å²) >= 11 is 0. The van der Waals surface area contributed by atoms with Crippen molar-refractivity contribution >= 4 is 0 Å². The topological polar surface area (TPSA) is 9.23 Å². The molecule has 0 saturated heterocycles. The van der Waals surface area contributed by atoms with Crippen LogP contribution in [-0.2, 0) is 31.1 Å². The second kappa shape index (κ2) is 6.03. The van der Waals surface area contributed by atoms with Gasteiger partial charge in [0.05, 0.1) is 7.11 Å². The highest BCUT2D eigenvalue weighted by molar-refractivity contribution is 5.47. The first-order valence-electron chi connectivity index (χ1n) is 8.68. The molecule has 4 bridgehead atoms. The van der Waals surface area contributed by atoms with Crippen molar-refractivity contribution in [2.75, 3.05) is 7.11 Å². The first kappa shape index (κ1) is 16.1. The summed E-state index contributed by atoms with van der Waals surface area (Å²) < 4.78 is 5.59. The molecule has 23 heavy (non-hydrogen) atoms. The van der Waals surface area contributed by atoms with Gasteiger partial charge >= 0.3 is 0 Å². The van der Waals surface area contributed by atoms with Crippen LogP contribution in [0.3, 0.4) is 0 Å². The van der Waals surface area contributed by atoms with Crippen molar-refractivity contribution in [1.29, 1.82) is 0 Å². The molecule has 0 heterocycles. The van der Waals surface area contributed by atoms with Crippen LogP contribution in [0.15, 0.2) is 30.3 Å². The van der Waals surface area contributed by atoms with Gasteiger partial charge in [0, 0.05) is 0 Å². The summed E-state index contributed by atoms with van der Waals surface area (Å²) in [6.07, 6.45) is 4.36. The van der Waals surface area contributed by atoms with Gasteiger partial charge in [0.2, 0.25) is 0 Å². The molecule has 1 aliphatic carbocycles. The number of ether oxygens (including phenoxy) is 1. The number of aryl methyl sites for hydroxylation is 3. The van der Waals surface area contributed by atoms with Crippen LogP contribution >= 0.6 is 0 Å². The first-order chi connectivity index (χ1) is 10.9. The Hall–Kier alpha value is -1.76. The maximum Gasteiger partial charge on any atom is 0.122 e. The standard InChI is InChI=1S/C22H28O/c1-15-17-8-9-18-14-16(7-12-20(18)22(2,3)4)6-11-19(15)21(23-5)13-10-17/h7,10,12-14H,6,8-9,11H2,1-5H3. The highest BCUT2D eigenvalue weighted by Crippen LogP contribution is 2.32. The molecule has 0 spiro atoms. The van der Waals surface area contributed by atoms with Crippen LogP contribution in [0.2, 0.25) is 0 Å². The van der Waals surface area contributed by atoms with Gasteiger partial charge in [-0.05, 0) is 77.5 Å². The highest BCUT2D eigenvalue weighted by atomic mass is 16.5. The van der Waals surface area contributed by atoms with E-state index in [4.69, 9.17) is 4.74 Å². The summed E-state index contributed by atoms with van der Waals surface area (Å²) in [7, 11) is 1.78. The molecule has 0 fully saturated rings. The van der Waals surface area contributed by atoms with Crippen LogP contribution in [0.5, 0.6) is 5.75 Å². The maximum atomic E-state index is 5.59. The molecule has 3 rings (SSSR count). The van der Waals surface area contributed by atoms with Gasteiger partial charge in [-0.25, -0.2) is 0 Å². The molecule has 0 aromatic heterocycles. The van der Waals surface area contributed by atoms with Gasteiger partial charge in [0.1, 0.15) is 5.75 Å². The van der Waals surface area contributed by atoms with E-state index in [0.717, 1.165) is 31.4 Å². The van der Waals surface area contributed by atoms with Gasteiger partial charge in [-0.15, -0.1) is 0 Å². The van der Waals surface area contributed by atoms with E-state index in [9.17, 15) is 0 Å². The Kier molecular flexibility index (Phi) is 4.23. The Morgan fingerprint density at radius 1 is 0.870 bits per heavy atom. The summed E-state index contributed by atoms with van der Waals surface area (Å²) in [6, 6.07) is 11.5. The van der Waals surface area contributed by atoms with Gasteiger partial charge in [0.25, 0.3) is 0 Å². The fourth-order valence-corrected chi connectivity index (χ4v) is 3.83. The number of hydrogen-bond donors (Lipinski definition) is 0. The molecule has 2 aromatic rings. The summed E-state index contributed by atoms with van der Waals surface area (Å²) in [5.74, 6) is 1.04. The van der Waals surface area contributed by atoms with Crippen molar-refractivity contribution in [3.05, 3.63) is 63.7 Å². The van der Waals surface area contributed by atoms with E-state index < -0.39 is 0 Å². The molecule has 122 valence electrons. The predicted molar refractivity (Wildman–Crippen MR) is 97.7 cm³/mol. The van der Waals surface area contributed by atoms with Crippen LogP contribution in [0.1, 0.15) is 54.2 Å². The Labute approximate surface area is 140 Å². The van der Waals surface area contributed by atoms with Crippen LogP contribution in [0, 0.1) is 6.92 Å². The SMILES string of the molecule is COc1ccc2c(C)c1CCc1ccc(C(C)(C)C)c(c1)CC2. The second-order valence-corrected chi connectivity index (χ2v) is 7.77. The third kappa shape index (κ3) is 3.15. The van der Waals surface area contributed by atoms with Crippen molar-refractivity contribution in [3.8, 4) is 5.75 Å². The second-order valence-electron chi connectivity index (χ2n) is 7.77. The third-order valence-corrected chi connectivity index (χ3v) is 5.19. The average Bonchev–Trinajstić information content (AvgIpc) is 2.50. The molecular formula is C22H28O. The van der Waals surface area contributed by atoms with E-state index >= 15 is 0 Å². The summed E-state index contributed by atoms with van der Waals surface area (Å²) in [6.45, 7) is 9.20. The lowest BCUT2D eigenvalue weighted by atomic mass is 9.80. The molecule has 1 heteroatoms. The maximum absolute atomic E-state index is 5.59. The van der Waals surface area contributed by atoms with Crippen molar-refractivity contribution in [2.24, 2.45) is 0 Å². The molecular weight excluding hydrogens is 280 g/mol. The molecule has 0 radical (unpaired) electrons. The first-order valence-corrected chi connectivity index (χ1v) is 8.68. The van der Waals surface area contributed by atoms with Crippen LogP contribution in [0.4, 0.5) is 0 Å². The van der Waals surface area contributed by atoms with Crippen LogP contribution in [0.25, 0.3) is 0 Å². The van der Waals surface area contributed by atoms with Crippen molar-refractivity contribution in [2.45, 2.75) is 58.8 Å². The van der Waals surface area contributed by atoms with E-state index in [1.807, 2.05) is 0 Å². The summed E-state index contributed by atoms with van der Waals surface area (Å²) in [4.78, 5) is 0. The van der Waals surface area contributed by atoms with Gasteiger partial charge in [-0.2, -0.15) is 0 Å². The fraction of sp³-hybridized carbons (Fsp3) is 0.455. The Balaban J connectivity index is 2.05. The molecule has 0 saturated carbocycles. The normalized spacial score (nSPS) is 14.5. The van der Waals surface area contributed by atoms with Crippen molar-refractivity contribution in [3.63, 3.8) is 0 Å². The lowest BCUT2D eigenvalue weighted by Gasteiger charge is -2.25. The summed E-state index contributed by atoms with van der Waals surface area (Å²) in [5.41, 5.74) is 8.94. The number of rotatable bonds is 1. The van der Waals surface area contributed by atoms with E-state index in [0.29, 0.717) is 0 Å². The van der Waals surface area contributed by atoms with Crippen LogP contribution in [-0.4, -0.2) is 7.11 Å². The zero-order valence-electron chi connectivity index (χ0n) is 15.1. The van der Waals surface area contributed by atoms with E-state index in [1.165, 1.54) is 33.4 Å². The van der Waals surface area contributed by atoms with E-state index in [1.54, 1.807) is 7.11 Å². The largest absolute Gasteiger partial charge is 0.496 e. The predicted octanol–water partition coefficient (Wildman–Crippen LogP) is 5.18. The zero-order chi connectivity index (χ0) is 16.6. The summed E-state index contributed by atoms with van der Waals surface area (Å²) in [5, 5.41) is 0. The number of hydrogen-bond acceptors (Lipinski definition) is 1. The minimum Gasteiger partial charge on any atom is -0.496 e. The van der Waals surface area contributed by atoms with E-state index in [-0.39, 0.29) is 5.41 Å². The Bertz CT molecular complexity index is 719. The third-order valence-electron chi connectivity index (χ3n) is 5.19. The molecule has 0 N–H and O–H groups in total. The Morgan fingerprint density at radius 2 is 1.61 bits per heavy atom. The molecule has 1 nitrogen and oxygen atoms in total. The van der Waals surface area contributed by atoms with Crippen molar-refractivity contribution < 1.29 is 4.74 Å². The molecule has 0 unspecified atom stereocenters. The number of benzene rings is 2.